The highest BCUT2D eigenvalue weighted by Crippen LogP contribution is 2.22. The minimum Gasteiger partial charge on any atom is -0.367 e. The number of hydrogen-bond acceptors (Lipinski definition) is 5. The van der Waals surface area contributed by atoms with E-state index >= 15 is 0 Å². The Morgan fingerprint density at radius 2 is 1.96 bits per heavy atom. The van der Waals surface area contributed by atoms with Crippen LogP contribution in [0.5, 0.6) is 0 Å². The summed E-state index contributed by atoms with van der Waals surface area (Å²) in [6.45, 7) is 8.70. The van der Waals surface area contributed by atoms with Crippen molar-refractivity contribution in [3.05, 3.63) is 53.8 Å². The van der Waals surface area contributed by atoms with Crippen molar-refractivity contribution in [2.45, 2.75) is 13.8 Å². The summed E-state index contributed by atoms with van der Waals surface area (Å²) in [5, 5.41) is 4.35. The highest BCUT2D eigenvalue weighted by molar-refractivity contribution is 5.99. The van der Waals surface area contributed by atoms with Gasteiger partial charge in [-0.2, -0.15) is 5.10 Å². The number of aromatic nitrogens is 2. The number of likely N-dealkylation sites (N-methyl/N-ethyl adjacent to an activating group) is 1. The number of benzene rings is 2. The molecular formula is C21H25FN6. The molecule has 7 heteroatoms. The highest BCUT2D eigenvalue weighted by Gasteiger charge is 2.18. The van der Waals surface area contributed by atoms with Crippen molar-refractivity contribution in [3.63, 3.8) is 0 Å². The van der Waals surface area contributed by atoms with Crippen LogP contribution in [0.25, 0.3) is 11.0 Å². The van der Waals surface area contributed by atoms with Gasteiger partial charge in [-0.05, 0) is 37.7 Å². The number of imidazole rings is 1. The molecule has 4 rings (SSSR count). The SMILES string of the molecule is CCN1CCN(c2ccc(/C(C)=N\Nc3nc4ccccc4[nH]3)cc2F)CC1. The van der Waals surface area contributed by atoms with Crippen LogP contribution in [0, 0.1) is 5.82 Å². The maximum absolute atomic E-state index is 14.7. The molecule has 0 amide bonds. The molecule has 0 saturated carbocycles. The normalized spacial score (nSPS) is 16.0. The van der Waals surface area contributed by atoms with Gasteiger partial charge in [-0.3, -0.25) is 0 Å². The molecule has 28 heavy (non-hydrogen) atoms. The molecule has 1 aliphatic rings. The van der Waals surface area contributed by atoms with Crippen molar-refractivity contribution in [1.29, 1.82) is 0 Å². The molecule has 0 atom stereocenters. The lowest BCUT2D eigenvalue weighted by atomic mass is 10.1. The molecule has 146 valence electrons. The van der Waals surface area contributed by atoms with Gasteiger partial charge in [-0.25, -0.2) is 14.8 Å². The number of nitrogens with one attached hydrogen (secondary N) is 2. The summed E-state index contributed by atoms with van der Waals surface area (Å²) in [6, 6.07) is 13.1. The van der Waals surface area contributed by atoms with E-state index in [1.54, 1.807) is 6.07 Å². The Bertz CT molecular complexity index is 954. The van der Waals surface area contributed by atoms with Crippen LogP contribution in [0.1, 0.15) is 19.4 Å². The molecule has 1 aliphatic heterocycles. The number of halogens is 1. The van der Waals surface area contributed by atoms with Gasteiger partial charge in [0.05, 0.1) is 22.4 Å². The van der Waals surface area contributed by atoms with E-state index in [4.69, 9.17) is 0 Å². The summed E-state index contributed by atoms with van der Waals surface area (Å²) in [4.78, 5) is 12.1. The predicted octanol–water partition coefficient (Wildman–Crippen LogP) is 3.68. The number of anilines is 2. The minimum atomic E-state index is -0.208. The number of hydrogen-bond donors (Lipinski definition) is 2. The molecular weight excluding hydrogens is 355 g/mol. The number of aromatic amines is 1. The lowest BCUT2D eigenvalue weighted by molar-refractivity contribution is 0.270. The second kappa shape index (κ2) is 7.98. The second-order valence-corrected chi connectivity index (χ2v) is 7.00. The van der Waals surface area contributed by atoms with E-state index in [9.17, 15) is 4.39 Å². The summed E-state index contributed by atoms with van der Waals surface area (Å²) in [5.41, 5.74) is 6.84. The zero-order valence-electron chi connectivity index (χ0n) is 16.2. The van der Waals surface area contributed by atoms with E-state index in [0.29, 0.717) is 17.3 Å². The van der Waals surface area contributed by atoms with Crippen LogP contribution in [0.4, 0.5) is 16.0 Å². The Hall–Kier alpha value is -2.93. The van der Waals surface area contributed by atoms with E-state index in [1.165, 1.54) is 0 Å². The predicted molar refractivity (Wildman–Crippen MR) is 113 cm³/mol. The van der Waals surface area contributed by atoms with Gasteiger partial charge in [0.15, 0.2) is 0 Å². The van der Waals surface area contributed by atoms with E-state index in [0.717, 1.165) is 49.3 Å². The molecule has 0 aliphatic carbocycles. The van der Waals surface area contributed by atoms with Crippen LogP contribution in [0.2, 0.25) is 0 Å². The number of fused-ring (bicyclic) bond motifs is 1. The monoisotopic (exact) mass is 380 g/mol. The Labute approximate surface area is 164 Å². The summed E-state index contributed by atoms with van der Waals surface area (Å²) in [6.07, 6.45) is 0. The lowest BCUT2D eigenvalue weighted by Gasteiger charge is -2.35. The van der Waals surface area contributed by atoms with Gasteiger partial charge in [-0.1, -0.05) is 25.1 Å². The van der Waals surface area contributed by atoms with Gasteiger partial charge in [0.25, 0.3) is 0 Å². The van der Waals surface area contributed by atoms with Crippen LogP contribution < -0.4 is 10.3 Å². The standard InChI is InChI=1S/C21H25FN6/c1-3-27-10-12-28(13-11-27)20-9-8-16(14-17(20)22)15(2)25-26-21-23-18-6-4-5-7-19(18)24-21/h4-9,14H,3,10-13H2,1-2H3,(H2,23,24,26)/b25-15-. The Balaban J connectivity index is 1.46. The molecule has 1 fully saturated rings. The zero-order chi connectivity index (χ0) is 19.5. The Kier molecular flexibility index (Phi) is 5.25. The number of rotatable bonds is 5. The Morgan fingerprint density at radius 1 is 1.18 bits per heavy atom. The summed E-state index contributed by atoms with van der Waals surface area (Å²) in [5.74, 6) is 0.354. The van der Waals surface area contributed by atoms with E-state index < -0.39 is 0 Å². The third kappa shape index (κ3) is 3.84. The first kappa shape index (κ1) is 18.4. The molecule has 2 aromatic carbocycles. The van der Waals surface area contributed by atoms with Crippen molar-refractivity contribution in [2.75, 3.05) is 43.0 Å². The number of nitrogens with zero attached hydrogens (tertiary/aromatic N) is 4. The van der Waals surface area contributed by atoms with Crippen molar-refractivity contribution in [2.24, 2.45) is 5.10 Å². The maximum atomic E-state index is 14.7. The number of para-hydroxylation sites is 2. The van der Waals surface area contributed by atoms with Gasteiger partial charge in [0.1, 0.15) is 5.82 Å². The van der Waals surface area contributed by atoms with Crippen LogP contribution >= 0.6 is 0 Å². The second-order valence-electron chi connectivity index (χ2n) is 7.00. The average molecular weight is 380 g/mol. The smallest absolute Gasteiger partial charge is 0.222 e. The van der Waals surface area contributed by atoms with Crippen molar-refractivity contribution >= 4 is 28.4 Å². The quantitative estimate of drug-likeness (QED) is 0.524. The summed E-state index contributed by atoms with van der Waals surface area (Å²) >= 11 is 0. The van der Waals surface area contributed by atoms with E-state index in [-0.39, 0.29) is 5.82 Å². The average Bonchev–Trinajstić information content (AvgIpc) is 3.15. The van der Waals surface area contributed by atoms with Gasteiger partial charge >= 0.3 is 0 Å². The molecule has 3 aromatic rings. The van der Waals surface area contributed by atoms with Crippen molar-refractivity contribution in [1.82, 2.24) is 14.9 Å². The number of piperazine rings is 1. The molecule has 0 bridgehead atoms. The molecule has 0 unspecified atom stereocenters. The molecule has 1 aromatic heterocycles. The fraction of sp³-hybridized carbons (Fsp3) is 0.333. The molecule has 2 heterocycles. The van der Waals surface area contributed by atoms with Crippen molar-refractivity contribution in [3.8, 4) is 0 Å². The van der Waals surface area contributed by atoms with Crippen molar-refractivity contribution < 1.29 is 4.39 Å². The van der Waals surface area contributed by atoms with Gasteiger partial charge in [0, 0.05) is 31.7 Å². The number of H-pyrrole nitrogens is 1. The van der Waals surface area contributed by atoms with Gasteiger partial charge < -0.3 is 14.8 Å². The van der Waals surface area contributed by atoms with Gasteiger partial charge in [-0.15, -0.1) is 0 Å². The first-order valence-electron chi connectivity index (χ1n) is 9.66. The first-order chi connectivity index (χ1) is 13.6. The van der Waals surface area contributed by atoms with Gasteiger partial charge in [0.2, 0.25) is 5.95 Å². The molecule has 6 nitrogen and oxygen atoms in total. The van der Waals surface area contributed by atoms with Crippen LogP contribution in [-0.4, -0.2) is 53.3 Å². The topological polar surface area (TPSA) is 59.5 Å². The minimum absolute atomic E-state index is 0.208. The fourth-order valence-electron chi connectivity index (χ4n) is 3.50. The molecule has 0 spiro atoms. The summed E-state index contributed by atoms with van der Waals surface area (Å²) < 4.78 is 14.7. The number of hydrazone groups is 1. The van der Waals surface area contributed by atoms with Crippen LogP contribution in [0.3, 0.4) is 0 Å². The van der Waals surface area contributed by atoms with Crippen LogP contribution in [-0.2, 0) is 0 Å². The zero-order valence-corrected chi connectivity index (χ0v) is 16.2. The third-order valence-corrected chi connectivity index (χ3v) is 5.24. The van der Waals surface area contributed by atoms with E-state index in [1.807, 2.05) is 43.3 Å². The molecule has 0 radical (unpaired) electrons. The Morgan fingerprint density at radius 3 is 2.68 bits per heavy atom. The maximum Gasteiger partial charge on any atom is 0.222 e. The first-order valence-corrected chi connectivity index (χ1v) is 9.66. The largest absolute Gasteiger partial charge is 0.367 e. The third-order valence-electron chi connectivity index (χ3n) is 5.24. The van der Waals surface area contributed by atoms with E-state index in [2.05, 4.69) is 37.2 Å². The lowest BCUT2D eigenvalue weighted by Crippen LogP contribution is -2.46. The molecule has 1 saturated heterocycles. The highest BCUT2D eigenvalue weighted by atomic mass is 19.1. The molecule has 2 N–H and O–H groups in total. The van der Waals surface area contributed by atoms with Crippen LogP contribution in [0.15, 0.2) is 47.6 Å². The fourth-order valence-corrected chi connectivity index (χ4v) is 3.50. The summed E-state index contributed by atoms with van der Waals surface area (Å²) in [7, 11) is 0.